The Bertz CT molecular complexity index is 817. The van der Waals surface area contributed by atoms with E-state index in [1.165, 1.54) is 18.4 Å². The first-order chi connectivity index (χ1) is 10.6. The van der Waals surface area contributed by atoms with Crippen molar-refractivity contribution in [3.8, 4) is 11.6 Å². The van der Waals surface area contributed by atoms with Gasteiger partial charge in [-0.15, -0.1) is 0 Å². The highest BCUT2D eigenvalue weighted by Gasteiger charge is 2.10. The normalized spacial score (nSPS) is 10.4. The number of nitrogens with one attached hydrogen (secondary N) is 1. The minimum absolute atomic E-state index is 0.416. The molecule has 3 rings (SSSR count). The molecule has 0 aliphatic rings. The zero-order valence-electron chi connectivity index (χ0n) is 11.6. The van der Waals surface area contributed by atoms with Gasteiger partial charge in [0.05, 0.1) is 7.11 Å². The average Bonchev–Trinajstić information content (AvgIpc) is 2.91. The molecule has 112 valence electrons. The van der Waals surface area contributed by atoms with Crippen LogP contribution in [0.25, 0.3) is 10.3 Å². The SMILES string of the molecule is COC(=O)Nc1nc2ccc(Oc3ccc(N)cc3)nc2s1. The van der Waals surface area contributed by atoms with Crippen LogP contribution in [0.5, 0.6) is 11.6 Å². The van der Waals surface area contributed by atoms with Crippen LogP contribution in [0.3, 0.4) is 0 Å². The monoisotopic (exact) mass is 316 g/mol. The molecule has 7 nitrogen and oxygen atoms in total. The fourth-order valence-corrected chi connectivity index (χ4v) is 2.52. The fourth-order valence-electron chi connectivity index (χ4n) is 1.71. The minimum Gasteiger partial charge on any atom is -0.453 e. The molecule has 0 aliphatic heterocycles. The molecule has 2 aromatic heterocycles. The van der Waals surface area contributed by atoms with Crippen LogP contribution in [0.2, 0.25) is 0 Å². The molecule has 0 saturated heterocycles. The molecule has 3 N–H and O–H groups in total. The summed E-state index contributed by atoms with van der Waals surface area (Å²) in [6, 6.07) is 10.5. The summed E-state index contributed by atoms with van der Waals surface area (Å²) < 4.78 is 10.2. The third-order valence-corrected chi connectivity index (χ3v) is 3.61. The molecule has 22 heavy (non-hydrogen) atoms. The number of benzene rings is 1. The number of ether oxygens (including phenoxy) is 2. The van der Waals surface area contributed by atoms with Crippen LogP contribution >= 0.6 is 11.3 Å². The number of rotatable bonds is 3. The number of nitrogens with two attached hydrogens (primary N) is 1. The summed E-state index contributed by atoms with van der Waals surface area (Å²) in [5, 5.41) is 2.92. The van der Waals surface area contributed by atoms with E-state index in [-0.39, 0.29) is 0 Å². The Morgan fingerprint density at radius 2 is 1.95 bits per heavy atom. The van der Waals surface area contributed by atoms with Crippen LogP contribution in [0.4, 0.5) is 15.6 Å². The predicted molar refractivity (Wildman–Crippen MR) is 84.4 cm³/mol. The van der Waals surface area contributed by atoms with E-state index in [9.17, 15) is 4.79 Å². The number of aromatic nitrogens is 2. The molecule has 0 fully saturated rings. The summed E-state index contributed by atoms with van der Waals surface area (Å²) in [5.74, 6) is 1.07. The van der Waals surface area contributed by atoms with Gasteiger partial charge in [-0.3, -0.25) is 5.32 Å². The van der Waals surface area contributed by atoms with E-state index in [1.807, 2.05) is 0 Å². The number of pyridine rings is 1. The van der Waals surface area contributed by atoms with E-state index in [0.717, 1.165) is 0 Å². The van der Waals surface area contributed by atoms with Crippen molar-refractivity contribution in [3.63, 3.8) is 0 Å². The molecule has 3 aromatic rings. The highest BCUT2D eigenvalue weighted by Crippen LogP contribution is 2.28. The highest BCUT2D eigenvalue weighted by molar-refractivity contribution is 7.21. The van der Waals surface area contributed by atoms with E-state index in [1.54, 1.807) is 36.4 Å². The highest BCUT2D eigenvalue weighted by atomic mass is 32.1. The molecule has 0 radical (unpaired) electrons. The van der Waals surface area contributed by atoms with Crippen molar-refractivity contribution < 1.29 is 14.3 Å². The maximum Gasteiger partial charge on any atom is 0.413 e. The number of hydrogen-bond acceptors (Lipinski definition) is 7. The van der Waals surface area contributed by atoms with Crippen LogP contribution in [-0.4, -0.2) is 23.2 Å². The Morgan fingerprint density at radius 3 is 2.68 bits per heavy atom. The van der Waals surface area contributed by atoms with Crippen molar-refractivity contribution in [1.29, 1.82) is 0 Å². The molecular weight excluding hydrogens is 304 g/mol. The Hall–Kier alpha value is -2.87. The summed E-state index contributed by atoms with van der Waals surface area (Å²) in [5.41, 5.74) is 6.96. The standard InChI is InChI=1S/C14H12N4O3S/c1-20-14(19)18-13-16-10-6-7-11(17-12(10)22-13)21-9-4-2-8(15)3-5-9/h2-7H,15H2,1H3,(H,16,18,19). The smallest absolute Gasteiger partial charge is 0.413 e. The number of anilines is 2. The van der Waals surface area contributed by atoms with Crippen molar-refractivity contribution in [2.75, 3.05) is 18.2 Å². The minimum atomic E-state index is -0.572. The molecule has 0 bridgehead atoms. The van der Waals surface area contributed by atoms with E-state index in [4.69, 9.17) is 10.5 Å². The van der Waals surface area contributed by atoms with Crippen LogP contribution in [-0.2, 0) is 4.74 Å². The van der Waals surface area contributed by atoms with Gasteiger partial charge in [-0.05, 0) is 30.3 Å². The number of thiazole rings is 1. The fraction of sp³-hybridized carbons (Fsp3) is 0.0714. The predicted octanol–water partition coefficient (Wildman–Crippen LogP) is 3.24. The molecule has 1 amide bonds. The lowest BCUT2D eigenvalue weighted by molar-refractivity contribution is 0.187. The summed E-state index contributed by atoms with van der Waals surface area (Å²) in [6.45, 7) is 0. The number of hydrogen-bond donors (Lipinski definition) is 2. The molecule has 0 aliphatic carbocycles. The van der Waals surface area contributed by atoms with E-state index in [0.29, 0.717) is 32.8 Å². The lowest BCUT2D eigenvalue weighted by Gasteiger charge is -2.04. The van der Waals surface area contributed by atoms with Crippen molar-refractivity contribution >= 4 is 38.6 Å². The van der Waals surface area contributed by atoms with Crippen molar-refractivity contribution in [2.24, 2.45) is 0 Å². The molecule has 1 aromatic carbocycles. The first kappa shape index (κ1) is 14.1. The molecule has 8 heteroatoms. The van der Waals surface area contributed by atoms with E-state index in [2.05, 4.69) is 20.0 Å². The number of carbonyl (C=O) groups is 1. The maximum absolute atomic E-state index is 11.2. The molecule has 2 heterocycles. The van der Waals surface area contributed by atoms with Gasteiger partial charge in [0.15, 0.2) is 5.13 Å². The van der Waals surface area contributed by atoms with Crippen molar-refractivity contribution in [3.05, 3.63) is 36.4 Å². The quantitative estimate of drug-likeness (QED) is 0.720. The molecule has 0 atom stereocenters. The van der Waals surface area contributed by atoms with Gasteiger partial charge in [-0.1, -0.05) is 11.3 Å². The van der Waals surface area contributed by atoms with E-state index < -0.39 is 6.09 Å². The van der Waals surface area contributed by atoms with Crippen LogP contribution in [0, 0.1) is 0 Å². The topological polar surface area (TPSA) is 99.4 Å². The maximum atomic E-state index is 11.2. The summed E-state index contributed by atoms with van der Waals surface area (Å²) in [4.78, 5) is 20.4. The first-order valence-corrected chi connectivity index (χ1v) is 7.11. The summed E-state index contributed by atoms with van der Waals surface area (Å²) >= 11 is 1.23. The molecule has 0 saturated carbocycles. The third kappa shape index (κ3) is 3.07. The number of amides is 1. The number of nitrogens with zero attached hydrogens (tertiary/aromatic N) is 2. The van der Waals surface area contributed by atoms with Crippen LogP contribution < -0.4 is 15.8 Å². The Balaban J connectivity index is 1.83. The van der Waals surface area contributed by atoms with Crippen molar-refractivity contribution in [2.45, 2.75) is 0 Å². The largest absolute Gasteiger partial charge is 0.453 e. The Morgan fingerprint density at radius 1 is 1.18 bits per heavy atom. The second kappa shape index (κ2) is 5.86. The molecular formula is C14H12N4O3S. The zero-order chi connectivity index (χ0) is 15.5. The number of methoxy groups -OCH3 is 1. The number of fused-ring (bicyclic) bond motifs is 1. The zero-order valence-corrected chi connectivity index (χ0v) is 12.4. The second-order valence-corrected chi connectivity index (χ2v) is 5.26. The van der Waals surface area contributed by atoms with Crippen molar-refractivity contribution in [1.82, 2.24) is 9.97 Å². The molecule has 0 unspecified atom stereocenters. The van der Waals surface area contributed by atoms with Crippen LogP contribution in [0.1, 0.15) is 0 Å². The summed E-state index contributed by atoms with van der Waals surface area (Å²) in [7, 11) is 1.29. The van der Waals surface area contributed by atoms with Gasteiger partial charge in [-0.2, -0.15) is 0 Å². The van der Waals surface area contributed by atoms with Gasteiger partial charge in [0.25, 0.3) is 0 Å². The third-order valence-electron chi connectivity index (χ3n) is 2.73. The van der Waals surface area contributed by atoms with Gasteiger partial charge in [0, 0.05) is 11.8 Å². The van der Waals surface area contributed by atoms with Gasteiger partial charge < -0.3 is 15.2 Å². The van der Waals surface area contributed by atoms with Gasteiger partial charge in [-0.25, -0.2) is 14.8 Å². The summed E-state index contributed by atoms with van der Waals surface area (Å²) in [6.07, 6.45) is -0.572. The van der Waals surface area contributed by atoms with Gasteiger partial charge in [0.2, 0.25) is 5.88 Å². The second-order valence-electron chi connectivity index (χ2n) is 4.28. The Kier molecular flexibility index (Phi) is 3.75. The van der Waals surface area contributed by atoms with Gasteiger partial charge in [0.1, 0.15) is 16.1 Å². The Labute approximate surface area is 129 Å². The number of carbonyl (C=O) groups excluding carboxylic acids is 1. The van der Waals surface area contributed by atoms with E-state index >= 15 is 0 Å². The first-order valence-electron chi connectivity index (χ1n) is 6.30. The average molecular weight is 316 g/mol. The van der Waals surface area contributed by atoms with Crippen LogP contribution in [0.15, 0.2) is 36.4 Å². The number of nitrogen functional groups attached to an aromatic ring is 1. The van der Waals surface area contributed by atoms with Gasteiger partial charge >= 0.3 is 6.09 Å². The lowest BCUT2D eigenvalue weighted by Crippen LogP contribution is -2.10. The lowest BCUT2D eigenvalue weighted by atomic mass is 10.3. The molecule has 0 spiro atoms.